The molecule has 2 heterocycles. The van der Waals surface area contributed by atoms with E-state index in [0.717, 1.165) is 23.1 Å². The minimum atomic E-state index is -3.57. The highest BCUT2D eigenvalue weighted by atomic mass is 32.2. The Labute approximate surface area is 168 Å². The smallest absolute Gasteiger partial charge is 0.256 e. The molecule has 9 heteroatoms. The van der Waals surface area contributed by atoms with Crippen LogP contribution in [-0.2, 0) is 10.0 Å². The summed E-state index contributed by atoms with van der Waals surface area (Å²) >= 11 is 1.47. The predicted octanol–water partition coefficient (Wildman–Crippen LogP) is 3.75. The molecule has 0 fully saturated rings. The van der Waals surface area contributed by atoms with Crippen molar-refractivity contribution in [3.05, 3.63) is 47.6 Å². The largest absolute Gasteiger partial charge is 0.306 e. The number of carbonyl (C=O) groups is 1. The SMILES string of the molecule is CCCN(CCC)S(=O)(=O)c1ccc(C(=O)Nc2ncnc3sccc23)cc1. The minimum absolute atomic E-state index is 0.188. The van der Waals surface area contributed by atoms with Crippen LogP contribution in [-0.4, -0.2) is 41.7 Å². The number of benzene rings is 1. The molecular weight excluding hydrogens is 396 g/mol. The highest BCUT2D eigenvalue weighted by Gasteiger charge is 2.23. The van der Waals surface area contributed by atoms with E-state index in [1.807, 2.05) is 25.3 Å². The Hall–Kier alpha value is -2.36. The van der Waals surface area contributed by atoms with Gasteiger partial charge in [-0.05, 0) is 48.6 Å². The van der Waals surface area contributed by atoms with Gasteiger partial charge in [0.25, 0.3) is 5.91 Å². The van der Waals surface area contributed by atoms with Gasteiger partial charge < -0.3 is 5.32 Å². The van der Waals surface area contributed by atoms with Gasteiger partial charge >= 0.3 is 0 Å². The summed E-state index contributed by atoms with van der Waals surface area (Å²) in [5, 5.41) is 5.42. The van der Waals surface area contributed by atoms with Crippen LogP contribution >= 0.6 is 11.3 Å². The van der Waals surface area contributed by atoms with Crippen LogP contribution in [0.3, 0.4) is 0 Å². The third-order valence-electron chi connectivity index (χ3n) is 4.19. The summed E-state index contributed by atoms with van der Waals surface area (Å²) in [4.78, 5) is 21.8. The normalized spacial score (nSPS) is 11.8. The van der Waals surface area contributed by atoms with Crippen LogP contribution in [0.1, 0.15) is 37.0 Å². The Kier molecular flexibility index (Phi) is 6.38. The molecule has 3 aromatic rings. The molecule has 0 spiro atoms. The van der Waals surface area contributed by atoms with Crippen molar-refractivity contribution in [2.45, 2.75) is 31.6 Å². The maximum absolute atomic E-state index is 12.8. The zero-order valence-electron chi connectivity index (χ0n) is 15.8. The Morgan fingerprint density at radius 1 is 1.07 bits per heavy atom. The fraction of sp³-hybridized carbons (Fsp3) is 0.316. The van der Waals surface area contributed by atoms with Crippen LogP contribution in [0, 0.1) is 0 Å². The fourth-order valence-electron chi connectivity index (χ4n) is 2.85. The lowest BCUT2D eigenvalue weighted by Crippen LogP contribution is -2.32. The summed E-state index contributed by atoms with van der Waals surface area (Å²) in [6.07, 6.45) is 2.89. The van der Waals surface area contributed by atoms with E-state index in [0.29, 0.717) is 24.5 Å². The predicted molar refractivity (Wildman–Crippen MR) is 111 cm³/mol. The summed E-state index contributed by atoms with van der Waals surface area (Å²) in [7, 11) is -3.57. The number of fused-ring (bicyclic) bond motifs is 1. The lowest BCUT2D eigenvalue weighted by atomic mass is 10.2. The van der Waals surface area contributed by atoms with Crippen molar-refractivity contribution in [2.24, 2.45) is 0 Å². The highest BCUT2D eigenvalue weighted by molar-refractivity contribution is 7.89. The first-order valence-electron chi connectivity index (χ1n) is 9.07. The zero-order valence-corrected chi connectivity index (χ0v) is 17.4. The third kappa shape index (κ3) is 4.21. The number of anilines is 1. The first-order chi connectivity index (χ1) is 13.5. The van der Waals surface area contributed by atoms with Gasteiger partial charge in [0, 0.05) is 18.7 Å². The molecule has 0 saturated carbocycles. The molecule has 0 aliphatic heterocycles. The average Bonchev–Trinajstić information content (AvgIpc) is 3.18. The Morgan fingerprint density at radius 3 is 2.39 bits per heavy atom. The van der Waals surface area contributed by atoms with Crippen molar-refractivity contribution in [3.8, 4) is 0 Å². The molecule has 1 amide bonds. The molecule has 0 bridgehead atoms. The molecule has 3 rings (SSSR count). The summed E-state index contributed by atoms with van der Waals surface area (Å²) in [5.74, 6) is 0.0825. The number of aromatic nitrogens is 2. The van der Waals surface area contributed by atoms with E-state index in [1.54, 1.807) is 0 Å². The van der Waals surface area contributed by atoms with Crippen LogP contribution < -0.4 is 5.32 Å². The van der Waals surface area contributed by atoms with Crippen LogP contribution in [0.4, 0.5) is 5.82 Å². The Morgan fingerprint density at radius 2 is 1.75 bits per heavy atom. The van der Waals surface area contributed by atoms with Gasteiger partial charge in [-0.15, -0.1) is 11.3 Å². The van der Waals surface area contributed by atoms with Gasteiger partial charge in [-0.2, -0.15) is 4.31 Å². The maximum Gasteiger partial charge on any atom is 0.256 e. The minimum Gasteiger partial charge on any atom is -0.306 e. The van der Waals surface area contributed by atoms with Gasteiger partial charge in [-0.1, -0.05) is 13.8 Å². The maximum atomic E-state index is 12.8. The van der Waals surface area contributed by atoms with Gasteiger partial charge in [0.05, 0.1) is 10.3 Å². The average molecular weight is 419 g/mol. The van der Waals surface area contributed by atoms with E-state index in [4.69, 9.17) is 0 Å². The van der Waals surface area contributed by atoms with Crippen molar-refractivity contribution in [2.75, 3.05) is 18.4 Å². The Bertz CT molecular complexity index is 1060. The van der Waals surface area contributed by atoms with Gasteiger partial charge in [-0.3, -0.25) is 4.79 Å². The van der Waals surface area contributed by atoms with Crippen LogP contribution in [0.25, 0.3) is 10.2 Å². The molecule has 0 aliphatic rings. The number of hydrogen-bond acceptors (Lipinski definition) is 6. The molecule has 1 aromatic carbocycles. The summed E-state index contributed by atoms with van der Waals surface area (Å²) in [6, 6.07) is 7.83. The Balaban J connectivity index is 1.80. The second-order valence-electron chi connectivity index (χ2n) is 6.24. The van der Waals surface area contributed by atoms with Crippen molar-refractivity contribution >= 4 is 43.3 Å². The fourth-order valence-corrected chi connectivity index (χ4v) is 5.20. The number of thiophene rings is 1. The lowest BCUT2D eigenvalue weighted by molar-refractivity contribution is 0.102. The van der Waals surface area contributed by atoms with E-state index < -0.39 is 10.0 Å². The second kappa shape index (κ2) is 8.76. The molecule has 0 aliphatic carbocycles. The number of rotatable bonds is 8. The molecule has 28 heavy (non-hydrogen) atoms. The first-order valence-corrected chi connectivity index (χ1v) is 11.4. The molecule has 7 nitrogen and oxygen atoms in total. The molecule has 2 aromatic heterocycles. The van der Waals surface area contributed by atoms with Gasteiger partial charge in [0.15, 0.2) is 0 Å². The number of nitrogens with one attached hydrogen (secondary N) is 1. The molecule has 0 radical (unpaired) electrons. The van der Waals surface area contributed by atoms with E-state index in [-0.39, 0.29) is 10.8 Å². The number of amides is 1. The van der Waals surface area contributed by atoms with E-state index in [1.165, 1.54) is 46.2 Å². The van der Waals surface area contributed by atoms with Crippen molar-refractivity contribution in [1.82, 2.24) is 14.3 Å². The summed E-state index contributed by atoms with van der Waals surface area (Å²) in [6.45, 7) is 4.85. The molecule has 0 saturated heterocycles. The topological polar surface area (TPSA) is 92.3 Å². The molecular formula is C19H22N4O3S2. The van der Waals surface area contributed by atoms with Crippen LogP contribution in [0.2, 0.25) is 0 Å². The molecule has 0 atom stereocenters. The van der Waals surface area contributed by atoms with Gasteiger partial charge in [0.2, 0.25) is 10.0 Å². The number of carbonyl (C=O) groups excluding carboxylic acids is 1. The van der Waals surface area contributed by atoms with Crippen LogP contribution in [0.5, 0.6) is 0 Å². The van der Waals surface area contributed by atoms with Crippen molar-refractivity contribution < 1.29 is 13.2 Å². The van der Waals surface area contributed by atoms with Gasteiger partial charge in [0.1, 0.15) is 17.0 Å². The summed E-state index contributed by atoms with van der Waals surface area (Å²) < 4.78 is 27.1. The van der Waals surface area contributed by atoms with E-state index in [2.05, 4.69) is 15.3 Å². The number of hydrogen-bond donors (Lipinski definition) is 1. The lowest BCUT2D eigenvalue weighted by Gasteiger charge is -2.21. The molecule has 1 N–H and O–H groups in total. The number of nitrogens with zero attached hydrogens (tertiary/aromatic N) is 3. The van der Waals surface area contributed by atoms with Crippen LogP contribution in [0.15, 0.2) is 46.9 Å². The van der Waals surface area contributed by atoms with Crippen molar-refractivity contribution in [3.63, 3.8) is 0 Å². The third-order valence-corrected chi connectivity index (χ3v) is 6.93. The summed E-state index contributed by atoms with van der Waals surface area (Å²) in [5.41, 5.74) is 0.360. The van der Waals surface area contributed by atoms with Crippen molar-refractivity contribution in [1.29, 1.82) is 0 Å². The standard InChI is InChI=1S/C19H22N4O3S2/c1-3-10-23(11-4-2)28(25,26)15-7-5-14(6-8-15)18(24)22-17-16-9-12-27-19(16)21-13-20-17/h5-9,12-13H,3-4,10-11H2,1-2H3,(H,20,21,22,24). The van der Waals surface area contributed by atoms with E-state index >= 15 is 0 Å². The number of sulfonamides is 1. The zero-order chi connectivity index (χ0) is 20.1. The monoisotopic (exact) mass is 418 g/mol. The molecule has 0 unspecified atom stereocenters. The first kappa shape index (κ1) is 20.4. The molecule has 148 valence electrons. The van der Waals surface area contributed by atoms with E-state index in [9.17, 15) is 13.2 Å². The second-order valence-corrected chi connectivity index (χ2v) is 9.08. The highest BCUT2D eigenvalue weighted by Crippen LogP contribution is 2.24. The van der Waals surface area contributed by atoms with Gasteiger partial charge in [-0.25, -0.2) is 18.4 Å². The quantitative estimate of drug-likeness (QED) is 0.601.